The highest BCUT2D eigenvalue weighted by atomic mass is 35.5. The summed E-state index contributed by atoms with van der Waals surface area (Å²) in [6.45, 7) is 0.611. The van der Waals surface area contributed by atoms with Gasteiger partial charge in [0.05, 0.1) is 5.02 Å². The second-order valence-corrected chi connectivity index (χ2v) is 10.3. The van der Waals surface area contributed by atoms with Gasteiger partial charge in [-0.15, -0.1) is 0 Å². The molecule has 5 rings (SSSR count). The lowest BCUT2D eigenvalue weighted by atomic mass is 9.67. The number of aromatic nitrogens is 1. The number of nitrogens with zero attached hydrogens (tertiary/aromatic N) is 2. The van der Waals surface area contributed by atoms with Gasteiger partial charge in [0.2, 0.25) is 0 Å². The second-order valence-electron chi connectivity index (χ2n) is 8.90. The van der Waals surface area contributed by atoms with Gasteiger partial charge in [0, 0.05) is 48.2 Å². The van der Waals surface area contributed by atoms with Crippen LogP contribution in [-0.2, 0) is 10.3 Å². The molecule has 1 amide bonds. The van der Waals surface area contributed by atoms with E-state index in [0.717, 1.165) is 22.4 Å². The average Bonchev–Trinajstić information content (AvgIpc) is 3.16. The Balaban J connectivity index is 1.53. The van der Waals surface area contributed by atoms with Crippen LogP contribution in [0.1, 0.15) is 31.7 Å². The minimum absolute atomic E-state index is 0.115. The van der Waals surface area contributed by atoms with Crippen molar-refractivity contribution in [1.82, 2.24) is 10.3 Å². The number of hydrogen-bond acceptors (Lipinski definition) is 6. The molecule has 174 valence electrons. The van der Waals surface area contributed by atoms with Crippen LogP contribution < -0.4 is 15.8 Å². The molecule has 3 N–H and O–H groups in total. The van der Waals surface area contributed by atoms with Gasteiger partial charge in [0.15, 0.2) is 5.17 Å². The third-order valence-corrected chi connectivity index (χ3v) is 7.82. The van der Waals surface area contributed by atoms with E-state index in [2.05, 4.69) is 10.3 Å². The van der Waals surface area contributed by atoms with Crippen molar-refractivity contribution in [2.24, 2.45) is 16.6 Å². The molecular weight excluding hydrogens is 470 g/mol. The zero-order chi connectivity index (χ0) is 23.4. The standard InChI is InChI=1S/C23H23ClF2N4O2S/c1-22(25,26)20(31)29-15-3-5-19-17(8-15)23(11-33-21(27)30-23)16-7-12(2-4-18(16)32-19)13-6-14(24)10-28-9-13/h2,4,6-7,9-10,15,17,19H,3,5,8,11H2,1H3,(H2,27,30)(H,29,31)/t15?,17-,19?,23?/m0/s1. The first-order chi connectivity index (χ1) is 15.7. The lowest BCUT2D eigenvalue weighted by molar-refractivity contribution is -0.144. The van der Waals surface area contributed by atoms with Gasteiger partial charge in [-0.05, 0) is 43.0 Å². The number of benzene rings is 1. The van der Waals surface area contributed by atoms with Gasteiger partial charge in [-0.3, -0.25) is 9.78 Å². The number of carbonyl (C=O) groups is 1. The number of halogens is 3. The highest BCUT2D eigenvalue weighted by Crippen LogP contribution is 2.55. The quantitative estimate of drug-likeness (QED) is 0.664. The van der Waals surface area contributed by atoms with Crippen LogP contribution in [-0.4, -0.2) is 39.9 Å². The zero-order valence-corrected chi connectivity index (χ0v) is 19.4. The largest absolute Gasteiger partial charge is 0.490 e. The van der Waals surface area contributed by atoms with Gasteiger partial charge in [-0.2, -0.15) is 8.78 Å². The van der Waals surface area contributed by atoms with E-state index in [9.17, 15) is 13.6 Å². The van der Waals surface area contributed by atoms with E-state index in [1.54, 1.807) is 12.4 Å². The molecule has 1 aromatic carbocycles. The van der Waals surface area contributed by atoms with Crippen molar-refractivity contribution in [1.29, 1.82) is 0 Å². The topological polar surface area (TPSA) is 89.6 Å². The fourth-order valence-corrected chi connectivity index (χ4v) is 6.29. The predicted molar refractivity (Wildman–Crippen MR) is 125 cm³/mol. The number of nitrogens with one attached hydrogen (secondary N) is 1. The van der Waals surface area contributed by atoms with Gasteiger partial charge < -0.3 is 15.8 Å². The number of nitrogens with two attached hydrogens (primary N) is 1. The number of fused-ring (bicyclic) bond motifs is 4. The van der Waals surface area contributed by atoms with Gasteiger partial charge >= 0.3 is 5.92 Å². The summed E-state index contributed by atoms with van der Waals surface area (Å²) in [4.78, 5) is 21.0. The number of alkyl halides is 2. The zero-order valence-electron chi connectivity index (χ0n) is 17.9. The van der Waals surface area contributed by atoms with Crippen molar-refractivity contribution in [3.05, 3.63) is 47.2 Å². The maximum Gasteiger partial charge on any atom is 0.321 e. The third kappa shape index (κ3) is 4.05. The monoisotopic (exact) mass is 492 g/mol. The Morgan fingerprint density at radius 2 is 2.12 bits per heavy atom. The Kier molecular flexibility index (Phi) is 5.52. The van der Waals surface area contributed by atoms with Gasteiger partial charge in [-0.1, -0.05) is 29.4 Å². The van der Waals surface area contributed by atoms with E-state index >= 15 is 0 Å². The molecule has 6 nitrogen and oxygen atoms in total. The molecule has 1 fully saturated rings. The van der Waals surface area contributed by atoms with Crippen LogP contribution in [0.5, 0.6) is 5.75 Å². The number of rotatable bonds is 3. The Bertz CT molecular complexity index is 1140. The fraction of sp³-hybridized carbons (Fsp3) is 0.435. The molecule has 0 radical (unpaired) electrons. The first kappa shape index (κ1) is 22.4. The molecule has 3 heterocycles. The maximum atomic E-state index is 13.5. The smallest absolute Gasteiger partial charge is 0.321 e. The first-order valence-corrected chi connectivity index (χ1v) is 12.1. The third-order valence-electron chi connectivity index (χ3n) is 6.65. The molecule has 2 aliphatic heterocycles. The minimum atomic E-state index is -3.42. The minimum Gasteiger partial charge on any atom is -0.490 e. The van der Waals surface area contributed by atoms with E-state index in [-0.39, 0.29) is 18.1 Å². The average molecular weight is 493 g/mol. The molecule has 2 aromatic rings. The molecule has 1 aliphatic carbocycles. The molecule has 1 spiro atoms. The van der Waals surface area contributed by atoms with E-state index in [4.69, 9.17) is 27.1 Å². The van der Waals surface area contributed by atoms with Gasteiger partial charge in [-0.25, -0.2) is 4.99 Å². The lowest BCUT2D eigenvalue weighted by Gasteiger charge is -2.48. The summed E-state index contributed by atoms with van der Waals surface area (Å²) in [6.07, 6.45) is 4.85. The molecule has 1 saturated carbocycles. The Hall–Kier alpha value is -2.39. The number of pyridine rings is 1. The summed E-state index contributed by atoms with van der Waals surface area (Å²) < 4.78 is 33.3. The molecule has 0 bridgehead atoms. The number of thioether (sulfide) groups is 1. The normalized spacial score (nSPS) is 28.5. The Labute approximate surface area is 199 Å². The van der Waals surface area contributed by atoms with Crippen molar-refractivity contribution in [3.63, 3.8) is 0 Å². The lowest BCUT2D eigenvalue weighted by Crippen LogP contribution is -2.55. The fourth-order valence-electron chi connectivity index (χ4n) is 5.09. The number of amides is 1. The highest BCUT2D eigenvalue weighted by molar-refractivity contribution is 8.14. The van der Waals surface area contributed by atoms with Crippen LogP contribution in [0.2, 0.25) is 5.02 Å². The number of carbonyl (C=O) groups excluding carboxylic acids is 1. The summed E-state index contributed by atoms with van der Waals surface area (Å²) in [5, 5.41) is 3.55. The molecule has 10 heteroatoms. The van der Waals surface area contributed by atoms with E-state index < -0.39 is 17.4 Å². The Morgan fingerprint density at radius 3 is 2.82 bits per heavy atom. The summed E-state index contributed by atoms with van der Waals surface area (Å²) in [7, 11) is 0. The maximum absolute atomic E-state index is 13.5. The van der Waals surface area contributed by atoms with Crippen LogP contribution in [0.25, 0.3) is 11.1 Å². The molecule has 3 aliphatic rings. The molecule has 0 saturated heterocycles. The molecule has 33 heavy (non-hydrogen) atoms. The van der Waals surface area contributed by atoms with E-state index in [0.29, 0.717) is 42.1 Å². The number of hydrogen-bond donors (Lipinski definition) is 2. The van der Waals surface area contributed by atoms with E-state index in [1.165, 1.54) is 11.8 Å². The van der Waals surface area contributed by atoms with E-state index in [1.807, 2.05) is 24.3 Å². The van der Waals surface area contributed by atoms with Crippen LogP contribution in [0.4, 0.5) is 8.78 Å². The molecule has 4 atom stereocenters. The van der Waals surface area contributed by atoms with Crippen molar-refractivity contribution in [3.8, 4) is 16.9 Å². The first-order valence-electron chi connectivity index (χ1n) is 10.7. The van der Waals surface area contributed by atoms with Crippen LogP contribution in [0.3, 0.4) is 0 Å². The molecule has 1 aromatic heterocycles. The molecular formula is C23H23ClF2N4O2S. The Morgan fingerprint density at radius 1 is 1.30 bits per heavy atom. The van der Waals surface area contributed by atoms with Crippen molar-refractivity contribution >= 4 is 34.4 Å². The van der Waals surface area contributed by atoms with Gasteiger partial charge in [0.1, 0.15) is 17.4 Å². The number of ether oxygens (including phenoxy) is 1. The highest BCUT2D eigenvalue weighted by Gasteiger charge is 2.55. The summed E-state index contributed by atoms with van der Waals surface area (Å²) in [6, 6.07) is 7.39. The van der Waals surface area contributed by atoms with Crippen LogP contribution in [0.15, 0.2) is 41.7 Å². The predicted octanol–water partition coefficient (Wildman–Crippen LogP) is 4.36. The SMILES string of the molecule is CC(F)(F)C(=O)NC1CCC2Oc3ccc(-c4cncc(Cl)c4)cc3C3(CSC(N)=N3)[C@H]2C1. The summed E-state index contributed by atoms with van der Waals surface area (Å²) in [5.74, 6) is -3.42. The van der Waals surface area contributed by atoms with Crippen molar-refractivity contribution < 1.29 is 18.3 Å². The van der Waals surface area contributed by atoms with Crippen LogP contribution >= 0.6 is 23.4 Å². The number of aliphatic imine (C=N–C) groups is 1. The van der Waals surface area contributed by atoms with Gasteiger partial charge in [0.25, 0.3) is 5.91 Å². The molecule has 3 unspecified atom stereocenters. The van der Waals surface area contributed by atoms with Crippen molar-refractivity contribution in [2.45, 2.75) is 49.8 Å². The summed E-state index contributed by atoms with van der Waals surface area (Å²) in [5.41, 5.74) is 8.17. The number of amidine groups is 1. The second kappa shape index (κ2) is 8.13. The summed E-state index contributed by atoms with van der Waals surface area (Å²) >= 11 is 7.62. The van der Waals surface area contributed by atoms with Crippen molar-refractivity contribution in [2.75, 3.05) is 5.75 Å². The van der Waals surface area contributed by atoms with Crippen LogP contribution in [0, 0.1) is 5.92 Å².